The zero-order chi connectivity index (χ0) is 27.7. The van der Waals surface area contributed by atoms with Crippen molar-refractivity contribution in [2.24, 2.45) is 7.05 Å². The molecule has 0 aliphatic carbocycles. The van der Waals surface area contributed by atoms with Crippen LogP contribution in [0.25, 0.3) is 27.7 Å². The second-order valence-corrected chi connectivity index (χ2v) is 10.2. The summed E-state index contributed by atoms with van der Waals surface area (Å²) in [5.41, 5.74) is 2.91. The van der Waals surface area contributed by atoms with Crippen LogP contribution in [0.1, 0.15) is 12.5 Å². The fourth-order valence-corrected chi connectivity index (χ4v) is 5.25. The van der Waals surface area contributed by atoms with E-state index < -0.39 is 5.91 Å². The van der Waals surface area contributed by atoms with Crippen molar-refractivity contribution in [2.75, 3.05) is 13.2 Å². The van der Waals surface area contributed by atoms with Crippen LogP contribution < -0.4 is 20.2 Å². The highest BCUT2D eigenvalue weighted by molar-refractivity contribution is 8.18. The number of nitrogens with zero attached hydrogens (tertiary/aromatic N) is 1. The number of allylic oxidation sites excluding steroid dienone is 1. The van der Waals surface area contributed by atoms with Crippen LogP contribution in [0.4, 0.5) is 9.18 Å². The molecular weight excluding hydrogens is 543 g/mol. The lowest BCUT2D eigenvalue weighted by Gasteiger charge is -2.18. The van der Waals surface area contributed by atoms with Crippen molar-refractivity contribution in [3.63, 3.8) is 0 Å². The van der Waals surface area contributed by atoms with Gasteiger partial charge in [0.1, 0.15) is 24.8 Å². The van der Waals surface area contributed by atoms with E-state index in [9.17, 15) is 18.8 Å². The number of ether oxygens (including phenoxy) is 2. The first-order valence-electron chi connectivity index (χ1n) is 11.9. The number of pyridine rings is 1. The van der Waals surface area contributed by atoms with Crippen molar-refractivity contribution in [1.29, 1.82) is 0 Å². The molecule has 1 aliphatic rings. The number of thioether (sulfide) groups is 1. The van der Waals surface area contributed by atoms with Gasteiger partial charge >= 0.3 is 0 Å². The number of rotatable bonds is 7. The molecule has 0 radical (unpaired) electrons. The molecule has 1 fully saturated rings. The molecule has 1 saturated heterocycles. The van der Waals surface area contributed by atoms with Crippen LogP contribution >= 0.6 is 23.4 Å². The average molecular weight is 565 g/mol. The summed E-state index contributed by atoms with van der Waals surface area (Å²) in [5.74, 6) is -0.0934. The van der Waals surface area contributed by atoms with Crippen molar-refractivity contribution >= 4 is 51.0 Å². The SMILES string of the molecule is CC(=C1SC(=O)NC1=O)c1ccc(OCCOc2c(-c3ccc(F)cc3)n(C)c3cc(Cl)ccc3c2=O)cc1. The van der Waals surface area contributed by atoms with Gasteiger partial charge in [-0.1, -0.05) is 23.7 Å². The molecule has 2 amide bonds. The van der Waals surface area contributed by atoms with E-state index in [-0.39, 0.29) is 35.4 Å². The van der Waals surface area contributed by atoms with Gasteiger partial charge in [-0.2, -0.15) is 0 Å². The maximum absolute atomic E-state index is 13.6. The summed E-state index contributed by atoms with van der Waals surface area (Å²) in [6, 6.07) is 17.9. The first-order valence-corrected chi connectivity index (χ1v) is 13.1. The van der Waals surface area contributed by atoms with E-state index in [0.717, 1.165) is 17.3 Å². The maximum Gasteiger partial charge on any atom is 0.290 e. The number of aromatic nitrogens is 1. The molecule has 5 rings (SSSR count). The number of hydrogen-bond donors (Lipinski definition) is 1. The van der Waals surface area contributed by atoms with Crippen LogP contribution in [0, 0.1) is 5.82 Å². The minimum Gasteiger partial charge on any atom is -0.490 e. The third-order valence-corrected chi connectivity index (χ3v) is 7.50. The molecule has 7 nitrogen and oxygen atoms in total. The third kappa shape index (κ3) is 5.41. The molecule has 2 heterocycles. The molecule has 0 bridgehead atoms. The average Bonchev–Trinajstić information content (AvgIpc) is 3.27. The normalized spacial score (nSPS) is 14.5. The Morgan fingerprint density at radius 1 is 0.974 bits per heavy atom. The van der Waals surface area contributed by atoms with Crippen molar-refractivity contribution in [3.8, 4) is 22.8 Å². The van der Waals surface area contributed by atoms with E-state index in [1.54, 1.807) is 73.1 Å². The predicted octanol–water partition coefficient (Wildman–Crippen LogP) is 6.17. The number of halogens is 2. The molecule has 39 heavy (non-hydrogen) atoms. The first-order chi connectivity index (χ1) is 18.7. The minimum absolute atomic E-state index is 0.0757. The van der Waals surface area contributed by atoms with Gasteiger partial charge in [0.15, 0.2) is 5.75 Å². The predicted molar refractivity (Wildman–Crippen MR) is 151 cm³/mol. The Kier molecular flexibility index (Phi) is 7.45. The molecule has 10 heteroatoms. The largest absolute Gasteiger partial charge is 0.490 e. The van der Waals surface area contributed by atoms with Crippen LogP contribution in [0.5, 0.6) is 11.5 Å². The van der Waals surface area contributed by atoms with Crippen LogP contribution in [-0.2, 0) is 11.8 Å². The Labute approximate surface area is 232 Å². The fourth-order valence-electron chi connectivity index (χ4n) is 4.34. The van der Waals surface area contributed by atoms with Crippen LogP contribution in [-0.4, -0.2) is 28.9 Å². The molecule has 4 aromatic rings. The van der Waals surface area contributed by atoms with E-state index in [0.29, 0.717) is 43.4 Å². The number of hydrogen-bond acceptors (Lipinski definition) is 6. The molecule has 0 unspecified atom stereocenters. The van der Waals surface area contributed by atoms with Crippen molar-refractivity contribution < 1.29 is 23.5 Å². The van der Waals surface area contributed by atoms with Gasteiger partial charge in [0, 0.05) is 23.0 Å². The Hall–Kier alpha value is -4.08. The minimum atomic E-state index is -0.400. The van der Waals surface area contributed by atoms with Gasteiger partial charge in [-0.3, -0.25) is 19.7 Å². The number of nitrogens with one attached hydrogen (secondary N) is 1. The summed E-state index contributed by atoms with van der Waals surface area (Å²) in [5, 5.41) is 2.80. The zero-order valence-corrected chi connectivity index (χ0v) is 22.5. The zero-order valence-electron chi connectivity index (χ0n) is 20.9. The number of amides is 2. The molecular formula is C29H22ClFN2O5S. The van der Waals surface area contributed by atoms with E-state index in [2.05, 4.69) is 5.32 Å². The topological polar surface area (TPSA) is 86.6 Å². The lowest BCUT2D eigenvalue weighted by atomic mass is 10.1. The Balaban J connectivity index is 1.35. The lowest BCUT2D eigenvalue weighted by molar-refractivity contribution is -0.115. The van der Waals surface area contributed by atoms with Crippen molar-refractivity contribution in [3.05, 3.63) is 98.3 Å². The van der Waals surface area contributed by atoms with Gasteiger partial charge in [-0.25, -0.2) is 4.39 Å². The van der Waals surface area contributed by atoms with Crippen molar-refractivity contribution in [1.82, 2.24) is 9.88 Å². The summed E-state index contributed by atoms with van der Waals surface area (Å²) < 4.78 is 27.2. The fraction of sp³-hybridized carbons (Fsp3) is 0.138. The number of fused-ring (bicyclic) bond motifs is 1. The quantitative estimate of drug-likeness (QED) is 0.213. The number of carbonyl (C=O) groups excluding carboxylic acids is 2. The summed E-state index contributed by atoms with van der Waals surface area (Å²) in [6.07, 6.45) is 0. The van der Waals surface area contributed by atoms with E-state index in [4.69, 9.17) is 21.1 Å². The molecule has 0 spiro atoms. The monoisotopic (exact) mass is 564 g/mol. The van der Waals surface area contributed by atoms with Crippen LogP contribution in [0.2, 0.25) is 5.02 Å². The summed E-state index contributed by atoms with van der Waals surface area (Å²) in [4.78, 5) is 37.2. The Morgan fingerprint density at radius 3 is 2.33 bits per heavy atom. The van der Waals surface area contributed by atoms with Crippen LogP contribution in [0.15, 0.2) is 76.4 Å². The smallest absolute Gasteiger partial charge is 0.290 e. The molecule has 1 N–H and O–H groups in total. The number of imide groups is 1. The van der Waals surface area contributed by atoms with Gasteiger partial charge in [0.25, 0.3) is 11.1 Å². The summed E-state index contributed by atoms with van der Waals surface area (Å²) >= 11 is 7.07. The summed E-state index contributed by atoms with van der Waals surface area (Å²) in [6.45, 7) is 2.00. The molecule has 3 aromatic carbocycles. The number of benzene rings is 3. The second-order valence-electron chi connectivity index (χ2n) is 8.75. The highest BCUT2D eigenvalue weighted by Gasteiger charge is 2.27. The Bertz CT molecular complexity index is 1700. The van der Waals surface area contributed by atoms with Gasteiger partial charge in [-0.05, 0) is 84.4 Å². The van der Waals surface area contributed by atoms with E-state index >= 15 is 0 Å². The molecule has 1 aromatic heterocycles. The Morgan fingerprint density at radius 2 is 1.67 bits per heavy atom. The van der Waals surface area contributed by atoms with Gasteiger partial charge in [0.05, 0.1) is 16.1 Å². The molecule has 1 aliphatic heterocycles. The molecule has 0 saturated carbocycles. The first kappa shape index (κ1) is 26.5. The van der Waals surface area contributed by atoms with Gasteiger partial charge < -0.3 is 14.0 Å². The van der Waals surface area contributed by atoms with Gasteiger partial charge in [-0.15, -0.1) is 0 Å². The van der Waals surface area contributed by atoms with Gasteiger partial charge in [0.2, 0.25) is 5.43 Å². The molecule has 0 atom stereocenters. The van der Waals surface area contributed by atoms with Crippen LogP contribution in [0.3, 0.4) is 0 Å². The maximum atomic E-state index is 13.6. The van der Waals surface area contributed by atoms with E-state index in [1.165, 1.54) is 12.1 Å². The van der Waals surface area contributed by atoms with E-state index in [1.807, 2.05) is 0 Å². The van der Waals surface area contributed by atoms with Crippen molar-refractivity contribution in [2.45, 2.75) is 6.92 Å². The third-order valence-electron chi connectivity index (χ3n) is 6.28. The standard InChI is InChI=1S/C29H22ClFN2O5S/c1-16(27-28(35)32-29(36)39-27)17-5-10-21(11-6-17)37-13-14-38-26-24(18-3-8-20(31)9-4-18)33(2)23-15-19(30)7-12-22(23)25(26)34/h3-12,15H,13-14H2,1-2H3,(H,32,35,36). The molecule has 198 valence electrons. The number of carbonyl (C=O) groups is 2. The highest BCUT2D eigenvalue weighted by Crippen LogP contribution is 2.33. The highest BCUT2D eigenvalue weighted by atomic mass is 35.5. The number of aryl methyl sites for hydroxylation is 1. The second kappa shape index (κ2) is 11.0. The summed E-state index contributed by atoms with van der Waals surface area (Å²) in [7, 11) is 1.79. The lowest BCUT2D eigenvalue weighted by Crippen LogP contribution is -2.18.